The van der Waals surface area contributed by atoms with E-state index >= 15 is 0 Å². The molecule has 1 aliphatic carbocycles. The lowest BCUT2D eigenvalue weighted by Gasteiger charge is -2.31. The summed E-state index contributed by atoms with van der Waals surface area (Å²) >= 11 is 0. The highest BCUT2D eigenvalue weighted by molar-refractivity contribution is 5.38. The van der Waals surface area contributed by atoms with Crippen molar-refractivity contribution in [3.05, 3.63) is 29.3 Å². The predicted molar refractivity (Wildman–Crippen MR) is 71.6 cm³/mol. The van der Waals surface area contributed by atoms with Gasteiger partial charge in [0, 0.05) is 6.04 Å². The summed E-state index contributed by atoms with van der Waals surface area (Å²) < 4.78 is 5.30. The molecule has 1 unspecified atom stereocenters. The summed E-state index contributed by atoms with van der Waals surface area (Å²) in [6, 6.07) is 7.11. The Kier molecular flexibility index (Phi) is 4.06. The Labute approximate surface area is 104 Å². The standard InChI is InChI=1S/C15H23NO/c1-4-7-16-15-10-13-9-14(17-3)6-5-12(13)8-11(15)2/h5-6,9,11,15-16H,4,7-8,10H2,1-3H3/t11?,15-/m0/s1. The number of methoxy groups -OCH3 is 1. The fourth-order valence-electron chi connectivity index (χ4n) is 2.65. The minimum Gasteiger partial charge on any atom is -0.497 e. The topological polar surface area (TPSA) is 21.3 Å². The van der Waals surface area contributed by atoms with E-state index in [1.807, 2.05) is 0 Å². The quantitative estimate of drug-likeness (QED) is 0.863. The molecule has 0 amide bonds. The Morgan fingerprint density at radius 1 is 1.29 bits per heavy atom. The Bertz CT molecular complexity index is 375. The van der Waals surface area contributed by atoms with Gasteiger partial charge in [-0.3, -0.25) is 0 Å². The molecule has 0 saturated heterocycles. The van der Waals surface area contributed by atoms with Gasteiger partial charge >= 0.3 is 0 Å². The highest BCUT2D eigenvalue weighted by Crippen LogP contribution is 2.28. The molecule has 0 radical (unpaired) electrons. The van der Waals surface area contributed by atoms with E-state index < -0.39 is 0 Å². The van der Waals surface area contributed by atoms with Gasteiger partial charge in [-0.25, -0.2) is 0 Å². The van der Waals surface area contributed by atoms with Crippen molar-refractivity contribution in [1.82, 2.24) is 5.32 Å². The number of rotatable bonds is 4. The molecule has 0 saturated carbocycles. The molecular formula is C15H23NO. The first-order valence-electron chi connectivity index (χ1n) is 6.63. The molecule has 1 aliphatic rings. The van der Waals surface area contributed by atoms with Crippen LogP contribution in [0.25, 0.3) is 0 Å². The summed E-state index contributed by atoms with van der Waals surface area (Å²) in [5, 5.41) is 3.66. The van der Waals surface area contributed by atoms with Crippen LogP contribution in [0.4, 0.5) is 0 Å². The molecule has 2 heteroatoms. The second-order valence-corrected chi connectivity index (χ2v) is 5.08. The van der Waals surface area contributed by atoms with E-state index in [0.717, 1.165) is 24.6 Å². The maximum Gasteiger partial charge on any atom is 0.119 e. The average molecular weight is 233 g/mol. The van der Waals surface area contributed by atoms with Crippen LogP contribution in [-0.4, -0.2) is 19.7 Å². The first-order chi connectivity index (χ1) is 8.24. The Balaban J connectivity index is 2.13. The summed E-state index contributed by atoms with van der Waals surface area (Å²) in [5.74, 6) is 1.70. The lowest BCUT2D eigenvalue weighted by molar-refractivity contribution is 0.351. The molecule has 0 aliphatic heterocycles. The van der Waals surface area contributed by atoms with Crippen molar-refractivity contribution < 1.29 is 4.74 Å². The van der Waals surface area contributed by atoms with Crippen LogP contribution in [0.15, 0.2) is 18.2 Å². The molecule has 0 heterocycles. The van der Waals surface area contributed by atoms with E-state index in [4.69, 9.17) is 4.74 Å². The van der Waals surface area contributed by atoms with Crippen LogP contribution in [0.5, 0.6) is 5.75 Å². The van der Waals surface area contributed by atoms with Gasteiger partial charge in [0.15, 0.2) is 0 Å². The van der Waals surface area contributed by atoms with E-state index in [-0.39, 0.29) is 0 Å². The summed E-state index contributed by atoms with van der Waals surface area (Å²) in [6.07, 6.45) is 3.52. The first kappa shape index (κ1) is 12.4. The molecule has 17 heavy (non-hydrogen) atoms. The molecule has 0 spiro atoms. The lowest BCUT2D eigenvalue weighted by atomic mass is 9.81. The summed E-state index contributed by atoms with van der Waals surface area (Å²) in [5.41, 5.74) is 2.95. The van der Waals surface area contributed by atoms with Gasteiger partial charge in [0.25, 0.3) is 0 Å². The zero-order valence-corrected chi connectivity index (χ0v) is 11.1. The van der Waals surface area contributed by atoms with Gasteiger partial charge < -0.3 is 10.1 Å². The zero-order chi connectivity index (χ0) is 12.3. The third kappa shape index (κ3) is 2.81. The van der Waals surface area contributed by atoms with Crippen LogP contribution >= 0.6 is 0 Å². The van der Waals surface area contributed by atoms with Crippen LogP contribution in [-0.2, 0) is 12.8 Å². The minimum absolute atomic E-state index is 0.620. The fraction of sp³-hybridized carbons (Fsp3) is 0.600. The van der Waals surface area contributed by atoms with Gasteiger partial charge in [0.1, 0.15) is 5.75 Å². The maximum atomic E-state index is 5.30. The maximum absolute atomic E-state index is 5.30. The van der Waals surface area contributed by atoms with Gasteiger partial charge in [-0.05, 0) is 55.0 Å². The van der Waals surface area contributed by atoms with Crippen molar-refractivity contribution in [2.75, 3.05) is 13.7 Å². The summed E-state index contributed by atoms with van der Waals surface area (Å²) in [6.45, 7) is 5.69. The van der Waals surface area contributed by atoms with Crippen LogP contribution in [0, 0.1) is 5.92 Å². The van der Waals surface area contributed by atoms with Gasteiger partial charge in [-0.2, -0.15) is 0 Å². The molecule has 0 fully saturated rings. The normalized spacial score (nSPS) is 23.2. The predicted octanol–water partition coefficient (Wildman–Crippen LogP) is 2.80. The fourth-order valence-corrected chi connectivity index (χ4v) is 2.65. The smallest absolute Gasteiger partial charge is 0.119 e. The average Bonchev–Trinajstić information content (AvgIpc) is 2.35. The van der Waals surface area contributed by atoms with E-state index in [9.17, 15) is 0 Å². The zero-order valence-electron chi connectivity index (χ0n) is 11.1. The van der Waals surface area contributed by atoms with E-state index in [1.54, 1.807) is 7.11 Å². The molecule has 1 aromatic carbocycles. The van der Waals surface area contributed by atoms with Crippen molar-refractivity contribution in [2.45, 2.75) is 39.2 Å². The first-order valence-corrected chi connectivity index (χ1v) is 6.63. The molecule has 94 valence electrons. The number of ether oxygens (including phenoxy) is 1. The summed E-state index contributed by atoms with van der Waals surface area (Å²) in [4.78, 5) is 0. The largest absolute Gasteiger partial charge is 0.497 e. The molecule has 0 aromatic heterocycles. The van der Waals surface area contributed by atoms with Gasteiger partial charge in [-0.15, -0.1) is 0 Å². The SMILES string of the molecule is CCCN[C@H]1Cc2cc(OC)ccc2CC1C. The molecule has 1 N–H and O–H groups in total. The van der Waals surface area contributed by atoms with Gasteiger partial charge in [0.05, 0.1) is 7.11 Å². The van der Waals surface area contributed by atoms with Crippen molar-refractivity contribution in [2.24, 2.45) is 5.92 Å². The van der Waals surface area contributed by atoms with Crippen molar-refractivity contribution in [1.29, 1.82) is 0 Å². The third-order valence-electron chi connectivity index (χ3n) is 3.74. The Hall–Kier alpha value is -1.02. The van der Waals surface area contributed by atoms with Crippen molar-refractivity contribution in [3.63, 3.8) is 0 Å². The van der Waals surface area contributed by atoms with Gasteiger partial charge in [0.2, 0.25) is 0 Å². The molecule has 2 nitrogen and oxygen atoms in total. The molecule has 2 atom stereocenters. The monoisotopic (exact) mass is 233 g/mol. The highest BCUT2D eigenvalue weighted by atomic mass is 16.5. The molecule has 0 bridgehead atoms. The Morgan fingerprint density at radius 2 is 2.12 bits per heavy atom. The molecule has 1 aromatic rings. The summed E-state index contributed by atoms with van der Waals surface area (Å²) in [7, 11) is 1.74. The Morgan fingerprint density at radius 3 is 2.82 bits per heavy atom. The van der Waals surface area contributed by atoms with E-state index in [0.29, 0.717) is 6.04 Å². The van der Waals surface area contributed by atoms with E-state index in [2.05, 4.69) is 37.4 Å². The van der Waals surface area contributed by atoms with Crippen molar-refractivity contribution in [3.8, 4) is 5.75 Å². The van der Waals surface area contributed by atoms with E-state index in [1.165, 1.54) is 24.0 Å². The highest BCUT2D eigenvalue weighted by Gasteiger charge is 2.24. The molecular weight excluding hydrogens is 210 g/mol. The second-order valence-electron chi connectivity index (χ2n) is 5.08. The third-order valence-corrected chi connectivity index (χ3v) is 3.74. The second kappa shape index (κ2) is 5.54. The number of hydrogen-bond donors (Lipinski definition) is 1. The number of nitrogens with one attached hydrogen (secondary N) is 1. The molecule has 2 rings (SSSR count). The van der Waals surface area contributed by atoms with Crippen molar-refractivity contribution >= 4 is 0 Å². The minimum atomic E-state index is 0.620. The number of hydrogen-bond acceptors (Lipinski definition) is 2. The van der Waals surface area contributed by atoms with Crippen LogP contribution in [0.2, 0.25) is 0 Å². The van der Waals surface area contributed by atoms with Gasteiger partial charge in [-0.1, -0.05) is 19.9 Å². The van der Waals surface area contributed by atoms with Crippen LogP contribution < -0.4 is 10.1 Å². The lowest BCUT2D eigenvalue weighted by Crippen LogP contribution is -2.41. The number of fused-ring (bicyclic) bond motifs is 1. The van der Waals surface area contributed by atoms with Crippen LogP contribution in [0.1, 0.15) is 31.4 Å². The number of benzene rings is 1. The van der Waals surface area contributed by atoms with Crippen LogP contribution in [0.3, 0.4) is 0 Å².